The van der Waals surface area contributed by atoms with Crippen molar-refractivity contribution in [2.24, 2.45) is 11.8 Å². The van der Waals surface area contributed by atoms with Crippen LogP contribution in [-0.2, 0) is 9.59 Å². The summed E-state index contributed by atoms with van der Waals surface area (Å²) in [4.78, 5) is 30.7. The van der Waals surface area contributed by atoms with E-state index >= 15 is 0 Å². The number of likely N-dealkylation sites (tertiary alicyclic amines) is 1. The molecule has 0 aromatic heterocycles. The summed E-state index contributed by atoms with van der Waals surface area (Å²) >= 11 is 0. The Hall–Kier alpha value is -2.10. The fraction of sp³-hybridized carbons (Fsp3) is 0.565. The molecule has 1 saturated heterocycles. The summed E-state index contributed by atoms with van der Waals surface area (Å²) < 4.78 is 0. The zero-order valence-electron chi connectivity index (χ0n) is 15.8. The average molecular weight is 364 g/mol. The predicted molar refractivity (Wildman–Crippen MR) is 104 cm³/mol. The van der Waals surface area contributed by atoms with Gasteiger partial charge in [-0.2, -0.15) is 0 Å². The van der Waals surface area contributed by atoms with Gasteiger partial charge in [-0.1, -0.05) is 55.3 Å². The van der Waals surface area contributed by atoms with Gasteiger partial charge in [-0.3, -0.25) is 9.59 Å². The number of benzene rings is 1. The van der Waals surface area contributed by atoms with Crippen molar-refractivity contribution in [3.8, 4) is 0 Å². The third-order valence-corrected chi connectivity index (χ3v) is 7.09. The SMILES string of the molecule is O=C([C@@H]1C[C@@H]2CCCC[C@@H]2N1C(=O)[C@@H]1C[C@H]1c1ccccc1)N1CC=CC1. The highest BCUT2D eigenvalue weighted by Crippen LogP contribution is 2.51. The molecule has 0 radical (unpaired) electrons. The molecule has 0 spiro atoms. The first-order valence-corrected chi connectivity index (χ1v) is 10.5. The van der Waals surface area contributed by atoms with Crippen LogP contribution in [0.1, 0.15) is 50.0 Å². The number of carbonyl (C=O) groups excluding carboxylic acids is 2. The van der Waals surface area contributed by atoms with Crippen molar-refractivity contribution in [2.75, 3.05) is 13.1 Å². The van der Waals surface area contributed by atoms with Crippen molar-refractivity contribution < 1.29 is 9.59 Å². The van der Waals surface area contributed by atoms with E-state index in [0.717, 1.165) is 19.3 Å². The molecule has 1 aromatic rings. The van der Waals surface area contributed by atoms with Crippen molar-refractivity contribution >= 4 is 11.8 Å². The van der Waals surface area contributed by atoms with E-state index in [0.29, 0.717) is 24.9 Å². The topological polar surface area (TPSA) is 40.6 Å². The van der Waals surface area contributed by atoms with Crippen LogP contribution in [0.3, 0.4) is 0 Å². The first-order chi connectivity index (χ1) is 13.2. The molecule has 0 N–H and O–H groups in total. The van der Waals surface area contributed by atoms with E-state index in [4.69, 9.17) is 0 Å². The Morgan fingerprint density at radius 2 is 1.63 bits per heavy atom. The Labute approximate surface area is 161 Å². The maximum absolute atomic E-state index is 13.5. The van der Waals surface area contributed by atoms with E-state index in [1.807, 2.05) is 11.0 Å². The molecule has 5 atom stereocenters. The molecule has 1 aromatic carbocycles. The summed E-state index contributed by atoms with van der Waals surface area (Å²) in [6.07, 6.45) is 10.6. The van der Waals surface area contributed by atoms with Crippen LogP contribution < -0.4 is 0 Å². The number of rotatable bonds is 3. The lowest BCUT2D eigenvalue weighted by atomic mass is 9.84. The summed E-state index contributed by atoms with van der Waals surface area (Å²) in [7, 11) is 0. The lowest BCUT2D eigenvalue weighted by Crippen LogP contribution is -2.51. The number of amides is 2. The van der Waals surface area contributed by atoms with Gasteiger partial charge in [0.15, 0.2) is 0 Å². The zero-order valence-corrected chi connectivity index (χ0v) is 15.8. The minimum atomic E-state index is -0.234. The standard InChI is InChI=1S/C23H28N2O2/c26-22(19-15-18(19)16-8-2-1-3-9-16)25-20-11-5-4-10-17(20)14-21(25)23(27)24-12-6-7-13-24/h1-3,6-9,17-21H,4-5,10-15H2/t17-,18-,19+,20-,21-/m0/s1. The van der Waals surface area contributed by atoms with Crippen LogP contribution in [0, 0.1) is 11.8 Å². The average Bonchev–Trinajstić information content (AvgIpc) is 3.14. The van der Waals surface area contributed by atoms with Crippen LogP contribution in [0.4, 0.5) is 0 Å². The summed E-state index contributed by atoms with van der Waals surface area (Å²) in [6, 6.07) is 10.4. The number of nitrogens with zero attached hydrogens (tertiary/aromatic N) is 2. The molecular formula is C23H28N2O2. The van der Waals surface area contributed by atoms with Crippen molar-refractivity contribution in [1.82, 2.24) is 9.80 Å². The van der Waals surface area contributed by atoms with Gasteiger partial charge in [0.05, 0.1) is 0 Å². The highest BCUT2D eigenvalue weighted by molar-refractivity contribution is 5.91. The lowest BCUT2D eigenvalue weighted by molar-refractivity contribution is -0.145. The highest BCUT2D eigenvalue weighted by atomic mass is 16.2. The minimum Gasteiger partial charge on any atom is -0.333 e. The maximum Gasteiger partial charge on any atom is 0.245 e. The van der Waals surface area contributed by atoms with Gasteiger partial charge in [0.2, 0.25) is 11.8 Å². The fourth-order valence-corrected chi connectivity index (χ4v) is 5.59. The minimum absolute atomic E-state index is 0.0695. The van der Waals surface area contributed by atoms with Crippen molar-refractivity contribution in [2.45, 2.75) is 56.5 Å². The summed E-state index contributed by atoms with van der Waals surface area (Å²) in [5, 5.41) is 0. The second-order valence-electron chi connectivity index (χ2n) is 8.68. The normalized spacial score (nSPS) is 34.6. The second kappa shape index (κ2) is 6.81. The maximum atomic E-state index is 13.5. The molecule has 2 saturated carbocycles. The lowest BCUT2D eigenvalue weighted by Gasteiger charge is -2.35. The van der Waals surface area contributed by atoms with Gasteiger partial charge >= 0.3 is 0 Å². The van der Waals surface area contributed by atoms with Crippen molar-refractivity contribution in [1.29, 1.82) is 0 Å². The Bertz CT molecular complexity index is 751. The summed E-state index contributed by atoms with van der Waals surface area (Å²) in [5.74, 6) is 1.33. The molecule has 142 valence electrons. The number of fused-ring (bicyclic) bond motifs is 1. The Balaban J connectivity index is 1.37. The van der Waals surface area contributed by atoms with E-state index in [-0.39, 0.29) is 29.8 Å². The Morgan fingerprint density at radius 1 is 0.889 bits per heavy atom. The predicted octanol–water partition coefficient (Wildman–Crippen LogP) is 3.35. The van der Waals surface area contributed by atoms with Gasteiger partial charge in [-0.25, -0.2) is 0 Å². The van der Waals surface area contributed by atoms with Gasteiger partial charge in [0.1, 0.15) is 6.04 Å². The Morgan fingerprint density at radius 3 is 2.41 bits per heavy atom. The molecule has 5 rings (SSSR count). The van der Waals surface area contributed by atoms with Gasteiger partial charge in [-0.05, 0) is 43.1 Å². The number of hydrogen-bond donors (Lipinski definition) is 0. The summed E-state index contributed by atoms with van der Waals surface area (Å²) in [5.41, 5.74) is 1.27. The molecule has 27 heavy (non-hydrogen) atoms. The number of carbonyl (C=O) groups is 2. The number of hydrogen-bond acceptors (Lipinski definition) is 2. The first kappa shape index (κ1) is 17.0. The quantitative estimate of drug-likeness (QED) is 0.772. The second-order valence-corrected chi connectivity index (χ2v) is 8.68. The molecule has 0 bridgehead atoms. The van der Waals surface area contributed by atoms with E-state index in [1.54, 1.807) is 0 Å². The molecule has 4 heteroatoms. The highest BCUT2D eigenvalue weighted by Gasteiger charge is 2.54. The third-order valence-electron chi connectivity index (χ3n) is 7.09. The van der Waals surface area contributed by atoms with Crippen LogP contribution >= 0.6 is 0 Å². The molecule has 4 nitrogen and oxygen atoms in total. The van der Waals surface area contributed by atoms with E-state index in [2.05, 4.69) is 41.3 Å². The molecule has 2 heterocycles. The largest absolute Gasteiger partial charge is 0.333 e. The molecule has 2 amide bonds. The molecule has 4 aliphatic rings. The van der Waals surface area contributed by atoms with E-state index in [9.17, 15) is 9.59 Å². The molecular weight excluding hydrogens is 336 g/mol. The zero-order chi connectivity index (χ0) is 18.4. The van der Waals surface area contributed by atoms with Gasteiger partial charge in [0.25, 0.3) is 0 Å². The third kappa shape index (κ3) is 2.99. The Kier molecular flexibility index (Phi) is 4.30. The molecule has 3 fully saturated rings. The smallest absolute Gasteiger partial charge is 0.245 e. The van der Waals surface area contributed by atoms with Gasteiger partial charge in [-0.15, -0.1) is 0 Å². The van der Waals surface area contributed by atoms with Crippen LogP contribution in [0.15, 0.2) is 42.5 Å². The van der Waals surface area contributed by atoms with E-state index < -0.39 is 0 Å². The van der Waals surface area contributed by atoms with Gasteiger partial charge in [0, 0.05) is 25.0 Å². The van der Waals surface area contributed by atoms with Crippen LogP contribution in [0.2, 0.25) is 0 Å². The van der Waals surface area contributed by atoms with Crippen molar-refractivity contribution in [3.05, 3.63) is 48.0 Å². The van der Waals surface area contributed by atoms with Gasteiger partial charge < -0.3 is 9.80 Å². The monoisotopic (exact) mass is 364 g/mol. The van der Waals surface area contributed by atoms with Crippen LogP contribution in [0.5, 0.6) is 0 Å². The summed E-state index contributed by atoms with van der Waals surface area (Å²) in [6.45, 7) is 1.39. The fourth-order valence-electron chi connectivity index (χ4n) is 5.59. The van der Waals surface area contributed by atoms with E-state index in [1.165, 1.54) is 24.8 Å². The molecule has 2 aliphatic carbocycles. The molecule has 2 aliphatic heterocycles. The van der Waals surface area contributed by atoms with Crippen LogP contribution in [-0.4, -0.2) is 46.8 Å². The molecule has 0 unspecified atom stereocenters. The van der Waals surface area contributed by atoms with Crippen molar-refractivity contribution in [3.63, 3.8) is 0 Å². The van der Waals surface area contributed by atoms with Crippen LogP contribution in [0.25, 0.3) is 0 Å². The first-order valence-electron chi connectivity index (χ1n) is 10.5.